The number of aromatic nitrogens is 1. The lowest BCUT2D eigenvalue weighted by Gasteiger charge is -2.32. The molecule has 0 unspecified atom stereocenters. The summed E-state index contributed by atoms with van der Waals surface area (Å²) in [6, 6.07) is 7.87. The smallest absolute Gasteiger partial charge is 0.325 e. The molecule has 0 aliphatic rings. The molecule has 1 atom stereocenters. The van der Waals surface area contributed by atoms with Gasteiger partial charge in [0.05, 0.1) is 32.2 Å². The zero-order chi connectivity index (χ0) is 28.7. The Morgan fingerprint density at radius 1 is 1.10 bits per heavy atom. The lowest BCUT2D eigenvalue weighted by atomic mass is 10.0. The summed E-state index contributed by atoms with van der Waals surface area (Å²) >= 11 is 0.606. The Bertz CT molecular complexity index is 1380. The number of hydrogen-bond donors (Lipinski definition) is 3. The first-order valence-electron chi connectivity index (χ1n) is 11.4. The number of amides is 3. The molecule has 1 aromatic heterocycles. The van der Waals surface area contributed by atoms with Crippen molar-refractivity contribution in [2.24, 2.45) is 5.73 Å². The van der Waals surface area contributed by atoms with E-state index in [1.807, 2.05) is 0 Å². The van der Waals surface area contributed by atoms with E-state index in [1.165, 1.54) is 38.5 Å². The van der Waals surface area contributed by atoms with E-state index in [0.717, 1.165) is 17.0 Å². The number of nitrogens with one attached hydrogen (secondary N) is 1. The number of hydrogen-bond acceptors (Lipinski definition) is 10. The Balaban J connectivity index is 2.26. The standard InChI is InChI=1S/C25H26FN5O7S/c1-4-38-18(32)12-29-24(34)21(13-5-7-14(26)8-6-13)31(16-11-15(36-2)9-10-17(16)37-3)25(35)22-19(27)20(23(28)33)30-39-22/h5-11,21H,4,12,27H2,1-3H3,(H2,28,33)(H,29,34)/t21-/m0/s1. The molecule has 0 saturated carbocycles. The molecule has 3 rings (SSSR count). The molecule has 14 heteroatoms. The summed E-state index contributed by atoms with van der Waals surface area (Å²) in [7, 11) is 2.76. The number of nitrogens with zero attached hydrogens (tertiary/aromatic N) is 2. The van der Waals surface area contributed by atoms with Gasteiger partial charge in [-0.1, -0.05) is 12.1 Å². The van der Waals surface area contributed by atoms with Crippen molar-refractivity contribution in [3.05, 3.63) is 64.4 Å². The van der Waals surface area contributed by atoms with Crippen LogP contribution >= 0.6 is 11.5 Å². The van der Waals surface area contributed by atoms with Crippen LogP contribution in [0.4, 0.5) is 15.8 Å². The fourth-order valence-electron chi connectivity index (χ4n) is 3.62. The van der Waals surface area contributed by atoms with Crippen LogP contribution in [0.1, 0.15) is 38.7 Å². The molecule has 1 heterocycles. The molecule has 39 heavy (non-hydrogen) atoms. The van der Waals surface area contributed by atoms with E-state index in [9.17, 15) is 23.6 Å². The number of rotatable bonds is 11. The van der Waals surface area contributed by atoms with Crippen LogP contribution in [-0.2, 0) is 14.3 Å². The first-order valence-corrected chi connectivity index (χ1v) is 12.2. The summed E-state index contributed by atoms with van der Waals surface area (Å²) in [6.07, 6.45) is 0. The Kier molecular flexibility index (Phi) is 9.38. The number of nitrogen functional groups attached to an aromatic ring is 1. The van der Waals surface area contributed by atoms with Crippen LogP contribution in [0.5, 0.6) is 11.5 Å². The molecule has 0 radical (unpaired) electrons. The van der Waals surface area contributed by atoms with Crippen LogP contribution in [0.25, 0.3) is 0 Å². The molecule has 3 amide bonds. The van der Waals surface area contributed by atoms with Gasteiger partial charge in [0, 0.05) is 6.07 Å². The number of carbonyl (C=O) groups is 4. The van der Waals surface area contributed by atoms with Crippen molar-refractivity contribution in [2.75, 3.05) is 38.0 Å². The van der Waals surface area contributed by atoms with Gasteiger partial charge in [0.1, 0.15) is 34.8 Å². The fraction of sp³-hybridized carbons (Fsp3) is 0.240. The van der Waals surface area contributed by atoms with Crippen LogP contribution in [0.2, 0.25) is 0 Å². The van der Waals surface area contributed by atoms with E-state index in [4.69, 9.17) is 25.7 Å². The van der Waals surface area contributed by atoms with Crippen molar-refractivity contribution in [3.8, 4) is 11.5 Å². The monoisotopic (exact) mass is 559 g/mol. The summed E-state index contributed by atoms with van der Waals surface area (Å²) in [5.74, 6) is -3.44. The van der Waals surface area contributed by atoms with Crippen LogP contribution in [0.15, 0.2) is 42.5 Å². The highest BCUT2D eigenvalue weighted by molar-refractivity contribution is 7.09. The normalized spacial score (nSPS) is 11.3. The second-order valence-corrected chi connectivity index (χ2v) is 8.60. The molecule has 3 aromatic rings. The van der Waals surface area contributed by atoms with Gasteiger partial charge < -0.3 is 31.0 Å². The van der Waals surface area contributed by atoms with Gasteiger partial charge in [0.15, 0.2) is 5.69 Å². The summed E-state index contributed by atoms with van der Waals surface area (Å²) in [5.41, 5.74) is 11.0. The largest absolute Gasteiger partial charge is 0.497 e. The lowest BCUT2D eigenvalue weighted by Crippen LogP contribution is -2.45. The summed E-state index contributed by atoms with van der Waals surface area (Å²) in [5, 5.41) is 2.45. The number of carbonyl (C=O) groups excluding carboxylic acids is 4. The van der Waals surface area contributed by atoms with Crippen LogP contribution in [0.3, 0.4) is 0 Å². The molecular weight excluding hydrogens is 533 g/mol. The Morgan fingerprint density at radius 2 is 1.79 bits per heavy atom. The van der Waals surface area contributed by atoms with E-state index in [2.05, 4.69) is 9.69 Å². The summed E-state index contributed by atoms with van der Waals surface area (Å²) < 4.78 is 33.4. The topological polar surface area (TPSA) is 176 Å². The van der Waals surface area contributed by atoms with Gasteiger partial charge in [-0.25, -0.2) is 4.39 Å². The van der Waals surface area contributed by atoms with Gasteiger partial charge in [-0.05, 0) is 48.3 Å². The molecule has 12 nitrogen and oxygen atoms in total. The fourth-order valence-corrected chi connectivity index (χ4v) is 4.36. The van der Waals surface area contributed by atoms with E-state index in [-0.39, 0.29) is 39.9 Å². The molecule has 2 aromatic carbocycles. The quantitative estimate of drug-likeness (QED) is 0.297. The van der Waals surface area contributed by atoms with Gasteiger partial charge in [-0.15, -0.1) is 0 Å². The van der Waals surface area contributed by atoms with E-state index >= 15 is 0 Å². The minimum absolute atomic E-state index is 0.0656. The maximum Gasteiger partial charge on any atom is 0.325 e. The van der Waals surface area contributed by atoms with Crippen molar-refractivity contribution in [1.29, 1.82) is 0 Å². The highest BCUT2D eigenvalue weighted by Gasteiger charge is 2.38. The van der Waals surface area contributed by atoms with E-state index < -0.39 is 42.1 Å². The first kappa shape index (κ1) is 28.8. The highest BCUT2D eigenvalue weighted by atomic mass is 32.1. The zero-order valence-corrected chi connectivity index (χ0v) is 22.0. The third-order valence-corrected chi connectivity index (χ3v) is 6.28. The maximum atomic E-state index is 14.1. The lowest BCUT2D eigenvalue weighted by molar-refractivity contribution is -0.143. The zero-order valence-electron chi connectivity index (χ0n) is 21.2. The summed E-state index contributed by atoms with van der Waals surface area (Å²) in [4.78, 5) is 52.3. The molecule has 5 N–H and O–H groups in total. The number of benzene rings is 2. The molecule has 0 aliphatic heterocycles. The van der Waals surface area contributed by atoms with Gasteiger partial charge >= 0.3 is 5.97 Å². The van der Waals surface area contributed by atoms with Gasteiger partial charge in [-0.2, -0.15) is 4.37 Å². The van der Waals surface area contributed by atoms with Gasteiger partial charge in [0.2, 0.25) is 5.91 Å². The van der Waals surface area contributed by atoms with Crippen LogP contribution < -0.4 is 31.2 Å². The average Bonchev–Trinajstić information content (AvgIpc) is 3.32. The summed E-state index contributed by atoms with van der Waals surface area (Å²) in [6.45, 7) is 1.20. The second-order valence-electron chi connectivity index (χ2n) is 7.83. The van der Waals surface area contributed by atoms with Gasteiger partial charge in [0.25, 0.3) is 11.8 Å². The molecule has 0 aliphatic carbocycles. The van der Waals surface area contributed by atoms with Crippen molar-refractivity contribution < 1.29 is 37.8 Å². The Hall–Kier alpha value is -4.72. The molecular formula is C25H26FN5O7S. The number of halogens is 1. The minimum atomic E-state index is -1.49. The average molecular weight is 560 g/mol. The molecule has 0 saturated heterocycles. The number of anilines is 2. The molecule has 0 bridgehead atoms. The van der Waals surface area contributed by atoms with E-state index in [0.29, 0.717) is 17.3 Å². The van der Waals surface area contributed by atoms with Crippen LogP contribution in [0, 0.1) is 5.82 Å². The first-order chi connectivity index (χ1) is 18.6. The number of primary amides is 1. The molecule has 206 valence electrons. The number of nitrogens with two attached hydrogens (primary N) is 2. The predicted octanol–water partition coefficient (Wildman–Crippen LogP) is 2.05. The third kappa shape index (κ3) is 6.41. The Labute approximate surface area is 226 Å². The number of methoxy groups -OCH3 is 2. The minimum Gasteiger partial charge on any atom is -0.497 e. The van der Waals surface area contributed by atoms with Crippen molar-refractivity contribution in [1.82, 2.24) is 9.69 Å². The Morgan fingerprint density at radius 3 is 2.36 bits per heavy atom. The predicted molar refractivity (Wildman–Crippen MR) is 140 cm³/mol. The van der Waals surface area contributed by atoms with Crippen molar-refractivity contribution in [3.63, 3.8) is 0 Å². The maximum absolute atomic E-state index is 14.1. The SMILES string of the molecule is CCOC(=O)CNC(=O)[C@H](c1ccc(F)cc1)N(C(=O)c1snc(C(N)=O)c1N)c1cc(OC)ccc1OC. The van der Waals surface area contributed by atoms with Crippen molar-refractivity contribution >= 4 is 46.6 Å². The van der Waals surface area contributed by atoms with Crippen LogP contribution in [-0.4, -0.2) is 55.4 Å². The molecule has 0 fully saturated rings. The third-order valence-electron chi connectivity index (χ3n) is 5.42. The number of esters is 1. The second kappa shape index (κ2) is 12.7. The molecule has 0 spiro atoms. The highest BCUT2D eigenvalue weighted by Crippen LogP contribution is 2.40. The number of ether oxygens (including phenoxy) is 3. The van der Waals surface area contributed by atoms with E-state index in [1.54, 1.807) is 13.0 Å². The van der Waals surface area contributed by atoms with Gasteiger partial charge in [-0.3, -0.25) is 24.1 Å². The van der Waals surface area contributed by atoms with Crippen molar-refractivity contribution in [2.45, 2.75) is 13.0 Å².